The average molecular weight is 544 g/mol. The number of halogens is 2. The van der Waals surface area contributed by atoms with Crippen molar-refractivity contribution < 1.29 is 9.59 Å². The van der Waals surface area contributed by atoms with Gasteiger partial charge in [0.15, 0.2) is 11.6 Å². The van der Waals surface area contributed by atoms with Gasteiger partial charge in [0.05, 0.1) is 9.81 Å². The first-order chi connectivity index (χ1) is 17.8. The van der Waals surface area contributed by atoms with E-state index in [-0.39, 0.29) is 11.6 Å². The lowest BCUT2D eigenvalue weighted by atomic mass is 10.1. The molecule has 4 rings (SSSR count). The van der Waals surface area contributed by atoms with Crippen LogP contribution in [0.25, 0.3) is 12.2 Å². The highest BCUT2D eigenvalue weighted by Gasteiger charge is 2.21. The first-order valence-corrected chi connectivity index (χ1v) is 13.2. The van der Waals surface area contributed by atoms with Crippen molar-refractivity contribution in [1.82, 2.24) is 0 Å². The fourth-order valence-corrected chi connectivity index (χ4v) is 4.82. The van der Waals surface area contributed by atoms with E-state index in [1.54, 1.807) is 48.5 Å². The number of allylic oxidation sites excluding steroid dienone is 2. The van der Waals surface area contributed by atoms with Crippen molar-refractivity contribution >= 4 is 58.7 Å². The van der Waals surface area contributed by atoms with Gasteiger partial charge in [0.2, 0.25) is 0 Å². The normalized spacial score (nSPS) is 11.9. The minimum atomic E-state index is -0.194. The number of hydrogen-bond donors (Lipinski definition) is 0. The summed E-state index contributed by atoms with van der Waals surface area (Å²) in [6, 6.07) is 29.3. The molecule has 4 aromatic rings. The van der Waals surface area contributed by atoms with E-state index in [4.69, 9.17) is 23.2 Å². The van der Waals surface area contributed by atoms with Crippen LogP contribution < -0.4 is 0 Å². The first kappa shape index (κ1) is 26.7. The summed E-state index contributed by atoms with van der Waals surface area (Å²) < 4.78 is 0. The van der Waals surface area contributed by atoms with E-state index in [0.717, 1.165) is 34.0 Å². The Bertz CT molecular complexity index is 1350. The molecular formula is C32H24Cl2O2S. The summed E-state index contributed by atoms with van der Waals surface area (Å²) in [6.07, 6.45) is 3.64. The van der Waals surface area contributed by atoms with Crippen LogP contribution in [0.4, 0.5) is 0 Å². The Morgan fingerprint density at radius 3 is 1.19 bits per heavy atom. The number of aryl methyl sites for hydroxylation is 2. The van der Waals surface area contributed by atoms with Gasteiger partial charge in [0, 0.05) is 21.2 Å². The molecule has 0 heterocycles. The van der Waals surface area contributed by atoms with Crippen LogP contribution in [0.3, 0.4) is 0 Å². The van der Waals surface area contributed by atoms with Gasteiger partial charge in [-0.25, -0.2) is 0 Å². The van der Waals surface area contributed by atoms with Crippen molar-refractivity contribution in [2.75, 3.05) is 0 Å². The highest BCUT2D eigenvalue weighted by atomic mass is 35.5. The van der Waals surface area contributed by atoms with Gasteiger partial charge in [-0.1, -0.05) is 94.6 Å². The second kappa shape index (κ2) is 12.2. The number of rotatable bonds is 8. The molecule has 0 aromatic heterocycles. The fraction of sp³-hybridized carbons (Fsp3) is 0.0625. The van der Waals surface area contributed by atoms with Crippen LogP contribution >= 0.6 is 35.0 Å². The van der Waals surface area contributed by atoms with Crippen LogP contribution in [0.5, 0.6) is 0 Å². The van der Waals surface area contributed by atoms with Gasteiger partial charge in [-0.2, -0.15) is 0 Å². The predicted molar refractivity (Wildman–Crippen MR) is 157 cm³/mol. The summed E-state index contributed by atoms with van der Waals surface area (Å²) in [5.74, 6) is -0.387. The third kappa shape index (κ3) is 7.33. The summed E-state index contributed by atoms with van der Waals surface area (Å²) >= 11 is 13.3. The van der Waals surface area contributed by atoms with Crippen molar-refractivity contribution in [3.05, 3.63) is 150 Å². The van der Waals surface area contributed by atoms with Crippen LogP contribution in [-0.4, -0.2) is 11.6 Å². The maximum absolute atomic E-state index is 13.7. The van der Waals surface area contributed by atoms with Gasteiger partial charge in [-0.15, -0.1) is 0 Å². The third-order valence-electron chi connectivity index (χ3n) is 5.63. The molecule has 5 heteroatoms. The smallest absolute Gasteiger partial charge is 0.199 e. The second-order valence-electron chi connectivity index (χ2n) is 8.61. The minimum absolute atomic E-state index is 0.194. The molecule has 2 nitrogen and oxygen atoms in total. The van der Waals surface area contributed by atoms with Crippen molar-refractivity contribution in [2.45, 2.75) is 13.8 Å². The van der Waals surface area contributed by atoms with Gasteiger partial charge >= 0.3 is 0 Å². The lowest BCUT2D eigenvalue weighted by Gasteiger charge is -2.11. The molecule has 0 N–H and O–H groups in total. The van der Waals surface area contributed by atoms with Gasteiger partial charge in [0.25, 0.3) is 0 Å². The van der Waals surface area contributed by atoms with Gasteiger partial charge in [-0.3, -0.25) is 9.59 Å². The van der Waals surface area contributed by atoms with Crippen LogP contribution in [0.15, 0.2) is 107 Å². The number of benzene rings is 4. The van der Waals surface area contributed by atoms with Crippen molar-refractivity contribution in [2.24, 2.45) is 0 Å². The van der Waals surface area contributed by atoms with Crippen molar-refractivity contribution in [3.63, 3.8) is 0 Å². The lowest BCUT2D eigenvalue weighted by Crippen LogP contribution is -2.06. The molecule has 0 aliphatic heterocycles. The Morgan fingerprint density at radius 1 is 0.541 bits per heavy atom. The molecule has 0 radical (unpaired) electrons. The summed E-state index contributed by atoms with van der Waals surface area (Å²) in [5, 5.41) is 1.09. The maximum Gasteiger partial charge on any atom is 0.199 e. The Kier molecular flexibility index (Phi) is 8.83. The topological polar surface area (TPSA) is 34.1 Å². The maximum atomic E-state index is 13.7. The van der Waals surface area contributed by atoms with Gasteiger partial charge in [-0.05, 0) is 85.7 Å². The van der Waals surface area contributed by atoms with Crippen LogP contribution in [0, 0.1) is 13.8 Å². The predicted octanol–water partition coefficient (Wildman–Crippen LogP) is 9.49. The van der Waals surface area contributed by atoms with Crippen LogP contribution in [0.1, 0.15) is 43.0 Å². The molecule has 184 valence electrons. The van der Waals surface area contributed by atoms with E-state index in [0.29, 0.717) is 31.0 Å². The zero-order valence-electron chi connectivity index (χ0n) is 20.4. The van der Waals surface area contributed by atoms with Gasteiger partial charge < -0.3 is 0 Å². The Balaban J connectivity index is 1.80. The standard InChI is InChI=1S/C32H24Cl2O2S/c1-21-3-7-23(8-4-21)19-29(31(35)25-11-15-27(33)16-12-25)37-30(20-24-9-5-22(2)6-10-24)32(36)26-13-17-28(34)18-14-26/h3-20H,1-2H3/b29-19-,30-20-. The SMILES string of the molecule is Cc1ccc(/C=C(\S/C(=C\c2ccc(C)cc2)C(=O)c2ccc(Cl)cc2)C(=O)c2ccc(Cl)cc2)cc1. The summed E-state index contributed by atoms with van der Waals surface area (Å²) in [6.45, 7) is 4.02. The summed E-state index contributed by atoms with van der Waals surface area (Å²) in [4.78, 5) is 28.2. The molecule has 0 aliphatic carbocycles. The van der Waals surface area contributed by atoms with Crippen LogP contribution in [0.2, 0.25) is 10.0 Å². The zero-order chi connectivity index (χ0) is 26.4. The van der Waals surface area contributed by atoms with E-state index >= 15 is 0 Å². The lowest BCUT2D eigenvalue weighted by molar-refractivity contribution is 0.103. The third-order valence-corrected chi connectivity index (χ3v) is 7.18. The zero-order valence-corrected chi connectivity index (χ0v) is 22.7. The largest absolute Gasteiger partial charge is 0.288 e. The van der Waals surface area contributed by atoms with E-state index < -0.39 is 0 Å². The molecule has 0 bridgehead atoms. The summed E-state index contributed by atoms with van der Waals surface area (Å²) in [5.41, 5.74) is 4.95. The number of hydrogen-bond acceptors (Lipinski definition) is 3. The van der Waals surface area contributed by atoms with E-state index in [1.165, 1.54) is 0 Å². The fourth-order valence-electron chi connectivity index (χ4n) is 3.52. The van der Waals surface area contributed by atoms with Crippen LogP contribution in [-0.2, 0) is 0 Å². The molecule has 0 aliphatic rings. The Labute approximate surface area is 231 Å². The number of carbonyl (C=O) groups is 2. The molecule has 0 spiro atoms. The number of Topliss-reactive ketones (excluding diaryl/α,β-unsaturated/α-hetero) is 2. The molecule has 4 aromatic carbocycles. The molecule has 37 heavy (non-hydrogen) atoms. The minimum Gasteiger partial charge on any atom is -0.288 e. The number of carbonyl (C=O) groups excluding carboxylic acids is 2. The second-order valence-corrected chi connectivity index (χ2v) is 10.6. The molecule has 0 amide bonds. The molecule has 0 saturated heterocycles. The molecule has 0 atom stereocenters. The Morgan fingerprint density at radius 2 is 0.865 bits per heavy atom. The first-order valence-electron chi connectivity index (χ1n) is 11.6. The van der Waals surface area contributed by atoms with E-state index in [2.05, 4.69) is 0 Å². The van der Waals surface area contributed by atoms with Crippen molar-refractivity contribution in [3.8, 4) is 0 Å². The van der Waals surface area contributed by atoms with Crippen molar-refractivity contribution in [1.29, 1.82) is 0 Å². The van der Waals surface area contributed by atoms with E-state index in [9.17, 15) is 9.59 Å². The molecular weight excluding hydrogens is 519 g/mol. The Hall–Kier alpha value is -3.37. The average Bonchev–Trinajstić information content (AvgIpc) is 2.90. The quantitative estimate of drug-likeness (QED) is 0.164. The van der Waals surface area contributed by atoms with Gasteiger partial charge in [0.1, 0.15) is 0 Å². The monoisotopic (exact) mass is 542 g/mol. The molecule has 0 fully saturated rings. The number of ketones is 2. The summed E-state index contributed by atoms with van der Waals surface area (Å²) in [7, 11) is 0. The molecule has 0 unspecified atom stereocenters. The molecule has 0 saturated carbocycles. The highest BCUT2D eigenvalue weighted by molar-refractivity contribution is 8.08. The van der Waals surface area contributed by atoms with E-state index in [1.807, 2.05) is 74.5 Å². The highest BCUT2D eigenvalue weighted by Crippen LogP contribution is 2.34. The number of thioether (sulfide) groups is 1.